The van der Waals surface area contributed by atoms with Gasteiger partial charge in [0, 0.05) is 5.69 Å². The van der Waals surface area contributed by atoms with E-state index < -0.39 is 5.91 Å². The first kappa shape index (κ1) is 21.8. The maximum Gasteiger partial charge on any atom is 0.266 e. The van der Waals surface area contributed by atoms with E-state index in [1.54, 1.807) is 36.4 Å². The Hall–Kier alpha value is -3.37. The summed E-state index contributed by atoms with van der Waals surface area (Å²) in [7, 11) is 0. The average Bonchev–Trinajstić information content (AvgIpc) is 3.33. The van der Waals surface area contributed by atoms with Crippen LogP contribution in [0.15, 0.2) is 47.4 Å². The van der Waals surface area contributed by atoms with Crippen molar-refractivity contribution in [3.05, 3.63) is 58.5 Å². The third-order valence-electron chi connectivity index (χ3n) is 4.65. The number of benzene rings is 2. The molecule has 8 nitrogen and oxygen atoms in total. The molecule has 0 aromatic heterocycles. The van der Waals surface area contributed by atoms with E-state index in [9.17, 15) is 14.4 Å². The van der Waals surface area contributed by atoms with Gasteiger partial charge in [-0.3, -0.25) is 19.3 Å². The van der Waals surface area contributed by atoms with Gasteiger partial charge in [0.25, 0.3) is 5.91 Å². The number of ether oxygens (including phenoxy) is 2. The predicted octanol–water partition coefficient (Wildman–Crippen LogP) is 2.68. The van der Waals surface area contributed by atoms with Gasteiger partial charge in [-0.05, 0) is 42.8 Å². The van der Waals surface area contributed by atoms with Gasteiger partial charge in [-0.2, -0.15) is 0 Å². The molecule has 2 heterocycles. The normalized spacial score (nSPS) is 15.9. The van der Waals surface area contributed by atoms with Gasteiger partial charge in [-0.15, -0.1) is 0 Å². The van der Waals surface area contributed by atoms with Crippen molar-refractivity contribution < 1.29 is 23.9 Å². The number of amides is 3. The van der Waals surface area contributed by atoms with Crippen LogP contribution in [0.25, 0.3) is 6.08 Å². The van der Waals surface area contributed by atoms with E-state index in [-0.39, 0.29) is 36.0 Å². The zero-order chi connectivity index (χ0) is 22.7. The van der Waals surface area contributed by atoms with Crippen LogP contribution in [0.4, 0.5) is 5.69 Å². The number of carbonyl (C=O) groups is 3. The van der Waals surface area contributed by atoms with Crippen molar-refractivity contribution in [2.24, 2.45) is 0 Å². The summed E-state index contributed by atoms with van der Waals surface area (Å²) in [5.74, 6) is 0.0483. The summed E-state index contributed by atoms with van der Waals surface area (Å²) in [5.41, 5.74) is 2.47. The molecule has 3 amide bonds. The Bertz CT molecular complexity index is 1130. The van der Waals surface area contributed by atoms with Gasteiger partial charge in [-0.1, -0.05) is 47.7 Å². The van der Waals surface area contributed by atoms with Crippen LogP contribution < -0.4 is 20.1 Å². The Labute approximate surface area is 193 Å². The number of rotatable bonds is 6. The van der Waals surface area contributed by atoms with Crippen LogP contribution in [0.1, 0.15) is 11.1 Å². The van der Waals surface area contributed by atoms with Crippen LogP contribution in [0.2, 0.25) is 0 Å². The Kier molecular flexibility index (Phi) is 6.42. The first-order chi connectivity index (χ1) is 15.4. The Balaban J connectivity index is 1.31. The number of hydrogen-bond acceptors (Lipinski definition) is 7. The highest BCUT2D eigenvalue weighted by Gasteiger charge is 2.33. The lowest BCUT2D eigenvalue weighted by molar-refractivity contribution is -0.129. The van der Waals surface area contributed by atoms with E-state index in [4.69, 9.17) is 21.7 Å². The number of hydrogen-bond donors (Lipinski definition) is 2. The standard InChI is InChI=1S/C22H19N3O5S2/c1-13-2-5-15(6-3-13)24-19(26)10-23-20(27)11-25-21(28)18(32-22(25)31)9-14-4-7-16-17(8-14)30-12-29-16/h2-9H,10-12H2,1H3,(H,23,27)(H,24,26)/b18-9+. The van der Waals surface area contributed by atoms with Crippen LogP contribution in [-0.2, 0) is 14.4 Å². The number of nitrogens with zero attached hydrogens (tertiary/aromatic N) is 1. The molecule has 2 N–H and O–H groups in total. The highest BCUT2D eigenvalue weighted by atomic mass is 32.2. The molecule has 2 aliphatic rings. The molecule has 2 aromatic rings. The molecule has 10 heteroatoms. The average molecular weight is 470 g/mol. The molecule has 0 bridgehead atoms. The minimum atomic E-state index is -0.482. The van der Waals surface area contributed by atoms with Crippen molar-refractivity contribution in [2.75, 3.05) is 25.2 Å². The summed E-state index contributed by atoms with van der Waals surface area (Å²) in [6.07, 6.45) is 1.69. The molecule has 1 fully saturated rings. The molecule has 0 aliphatic carbocycles. The Morgan fingerprint density at radius 3 is 2.66 bits per heavy atom. The van der Waals surface area contributed by atoms with Gasteiger partial charge < -0.3 is 20.1 Å². The van der Waals surface area contributed by atoms with Crippen molar-refractivity contribution in [3.8, 4) is 11.5 Å². The van der Waals surface area contributed by atoms with Crippen molar-refractivity contribution in [3.63, 3.8) is 0 Å². The van der Waals surface area contributed by atoms with Crippen molar-refractivity contribution >= 4 is 57.8 Å². The number of aryl methyl sites for hydroxylation is 1. The number of thiocarbonyl (C=S) groups is 1. The second kappa shape index (κ2) is 9.41. The molecule has 1 saturated heterocycles. The van der Waals surface area contributed by atoms with Crippen molar-refractivity contribution in [1.29, 1.82) is 0 Å². The second-order valence-electron chi connectivity index (χ2n) is 7.07. The van der Waals surface area contributed by atoms with E-state index in [2.05, 4.69) is 10.6 Å². The zero-order valence-electron chi connectivity index (χ0n) is 17.0. The third kappa shape index (κ3) is 5.09. The molecular formula is C22H19N3O5S2. The molecule has 0 radical (unpaired) electrons. The van der Waals surface area contributed by atoms with Gasteiger partial charge in [-0.25, -0.2) is 0 Å². The highest BCUT2D eigenvalue weighted by Crippen LogP contribution is 2.36. The molecule has 2 aliphatic heterocycles. The minimum absolute atomic E-state index is 0.166. The maximum absolute atomic E-state index is 12.7. The number of fused-ring (bicyclic) bond motifs is 1. The maximum atomic E-state index is 12.7. The third-order valence-corrected chi connectivity index (χ3v) is 6.03. The summed E-state index contributed by atoms with van der Waals surface area (Å²) in [5, 5.41) is 5.21. The second-order valence-corrected chi connectivity index (χ2v) is 8.75. The van der Waals surface area contributed by atoms with Crippen molar-refractivity contribution in [1.82, 2.24) is 10.2 Å². The molecular weight excluding hydrogens is 450 g/mol. The molecule has 164 valence electrons. The van der Waals surface area contributed by atoms with Gasteiger partial charge in [0.2, 0.25) is 18.6 Å². The van der Waals surface area contributed by atoms with Crippen LogP contribution in [0.5, 0.6) is 11.5 Å². The van der Waals surface area contributed by atoms with Gasteiger partial charge in [0.1, 0.15) is 10.9 Å². The number of thioether (sulfide) groups is 1. The monoisotopic (exact) mass is 469 g/mol. The number of anilines is 1. The number of carbonyl (C=O) groups excluding carboxylic acids is 3. The lowest BCUT2D eigenvalue weighted by atomic mass is 10.2. The molecule has 0 unspecified atom stereocenters. The fourth-order valence-electron chi connectivity index (χ4n) is 3.01. The summed E-state index contributed by atoms with van der Waals surface area (Å²) in [4.78, 5) is 38.7. The van der Waals surface area contributed by atoms with Crippen LogP contribution in [0.3, 0.4) is 0 Å². The number of nitrogens with one attached hydrogen (secondary N) is 2. The van der Waals surface area contributed by atoms with E-state index in [0.717, 1.165) is 22.9 Å². The predicted molar refractivity (Wildman–Crippen MR) is 125 cm³/mol. The molecule has 0 saturated carbocycles. The van der Waals surface area contributed by atoms with Gasteiger partial charge in [0.15, 0.2) is 11.5 Å². The van der Waals surface area contributed by atoms with Crippen LogP contribution in [-0.4, -0.2) is 46.8 Å². The smallest absolute Gasteiger partial charge is 0.266 e. The fraction of sp³-hybridized carbons (Fsp3) is 0.182. The SMILES string of the molecule is Cc1ccc(NC(=O)CNC(=O)CN2C(=O)/C(=C\c3ccc4c(c3)OCO4)SC2=S)cc1. The topological polar surface area (TPSA) is 97.0 Å². The first-order valence-electron chi connectivity index (χ1n) is 9.67. The van der Waals surface area contributed by atoms with E-state index in [1.807, 2.05) is 19.1 Å². The van der Waals surface area contributed by atoms with E-state index in [0.29, 0.717) is 22.1 Å². The van der Waals surface area contributed by atoms with Gasteiger partial charge in [0.05, 0.1) is 11.4 Å². The van der Waals surface area contributed by atoms with Crippen molar-refractivity contribution in [2.45, 2.75) is 6.92 Å². The highest BCUT2D eigenvalue weighted by molar-refractivity contribution is 8.26. The Morgan fingerprint density at radius 2 is 1.88 bits per heavy atom. The van der Waals surface area contributed by atoms with E-state index in [1.165, 1.54) is 4.90 Å². The Morgan fingerprint density at radius 1 is 1.12 bits per heavy atom. The summed E-state index contributed by atoms with van der Waals surface area (Å²) in [6.45, 7) is 1.64. The molecule has 32 heavy (non-hydrogen) atoms. The summed E-state index contributed by atoms with van der Waals surface area (Å²) < 4.78 is 10.9. The lowest BCUT2D eigenvalue weighted by Gasteiger charge is -2.14. The van der Waals surface area contributed by atoms with Crippen LogP contribution in [0, 0.1) is 6.92 Å². The largest absolute Gasteiger partial charge is 0.454 e. The molecule has 0 spiro atoms. The summed E-state index contributed by atoms with van der Waals surface area (Å²) >= 11 is 6.38. The van der Waals surface area contributed by atoms with E-state index >= 15 is 0 Å². The van der Waals surface area contributed by atoms with Crippen LogP contribution >= 0.6 is 24.0 Å². The van der Waals surface area contributed by atoms with Gasteiger partial charge >= 0.3 is 0 Å². The molecule has 2 aromatic carbocycles. The lowest BCUT2D eigenvalue weighted by Crippen LogP contribution is -2.42. The first-order valence-corrected chi connectivity index (χ1v) is 10.9. The minimum Gasteiger partial charge on any atom is -0.454 e. The summed E-state index contributed by atoms with van der Waals surface area (Å²) in [6, 6.07) is 12.7. The fourth-order valence-corrected chi connectivity index (χ4v) is 4.27. The molecule has 4 rings (SSSR count). The zero-order valence-corrected chi connectivity index (χ0v) is 18.7. The quantitative estimate of drug-likeness (QED) is 0.496. The molecule has 0 atom stereocenters.